The van der Waals surface area contributed by atoms with E-state index in [1.807, 2.05) is 18.4 Å². The Morgan fingerprint density at radius 1 is 1.31 bits per heavy atom. The minimum atomic E-state index is -0.669. The number of aliphatic hydroxyl groups is 2. The molecule has 2 aliphatic rings. The molecule has 2 aliphatic carbocycles. The standard InChI is InChI=1S/C25H36N4O4S2/c1-24-8-7-19(31)25(2,14-30)18(24)13-17-21(15(24)12-20(32)26-9-10-29(3)4)27-23(35-17)28-22(33)16-6-5-11-34-16/h5-6,11,15,18-19,30-31H,7-10,12-14H2,1-4H3,(H,26,32)(H,27,28,33)/p+1/t15-,18+,19-,24+,25+/m1/s1. The Morgan fingerprint density at radius 2 is 2.09 bits per heavy atom. The number of likely N-dealkylation sites (N-methyl/N-ethyl adjacent to an activating group) is 1. The van der Waals surface area contributed by atoms with Crippen molar-refractivity contribution in [2.24, 2.45) is 16.7 Å². The van der Waals surface area contributed by atoms with Gasteiger partial charge in [0, 0.05) is 22.6 Å². The largest absolute Gasteiger partial charge is 0.396 e. The lowest BCUT2D eigenvalue weighted by atomic mass is 9.47. The van der Waals surface area contributed by atoms with Gasteiger partial charge in [-0.1, -0.05) is 19.9 Å². The van der Waals surface area contributed by atoms with Gasteiger partial charge in [-0.15, -0.1) is 22.7 Å². The molecule has 8 nitrogen and oxygen atoms in total. The van der Waals surface area contributed by atoms with E-state index in [1.54, 1.807) is 6.07 Å². The Morgan fingerprint density at radius 3 is 2.74 bits per heavy atom. The maximum absolute atomic E-state index is 13.0. The zero-order valence-corrected chi connectivity index (χ0v) is 22.5. The van der Waals surface area contributed by atoms with Crippen molar-refractivity contribution in [3.63, 3.8) is 0 Å². The quantitative estimate of drug-likeness (QED) is 0.361. The predicted molar refractivity (Wildman–Crippen MR) is 138 cm³/mol. The molecule has 2 aromatic rings. The van der Waals surface area contributed by atoms with E-state index >= 15 is 0 Å². The highest BCUT2D eigenvalue weighted by Gasteiger charge is 2.59. The monoisotopic (exact) mass is 521 g/mol. The van der Waals surface area contributed by atoms with E-state index in [4.69, 9.17) is 4.98 Å². The molecule has 2 aromatic heterocycles. The zero-order valence-electron chi connectivity index (χ0n) is 20.9. The molecule has 5 atom stereocenters. The van der Waals surface area contributed by atoms with Gasteiger partial charge in [0.05, 0.1) is 50.5 Å². The first-order valence-corrected chi connectivity index (χ1v) is 14.0. The topological polar surface area (TPSA) is 116 Å². The number of amides is 2. The van der Waals surface area contributed by atoms with Crippen molar-refractivity contribution in [2.75, 3.05) is 39.1 Å². The van der Waals surface area contributed by atoms with Crippen LogP contribution in [0.2, 0.25) is 0 Å². The Bertz CT molecular complexity index is 1060. The number of fused-ring (bicyclic) bond motifs is 2. The van der Waals surface area contributed by atoms with E-state index < -0.39 is 11.5 Å². The van der Waals surface area contributed by atoms with Gasteiger partial charge in [0.15, 0.2) is 5.13 Å². The van der Waals surface area contributed by atoms with Gasteiger partial charge in [0.2, 0.25) is 5.91 Å². The van der Waals surface area contributed by atoms with E-state index in [9.17, 15) is 19.8 Å². The van der Waals surface area contributed by atoms with Gasteiger partial charge < -0.3 is 20.4 Å². The first-order chi connectivity index (χ1) is 16.6. The molecule has 4 rings (SSSR count). The molecule has 0 bridgehead atoms. The molecular weight excluding hydrogens is 484 g/mol. The summed E-state index contributed by atoms with van der Waals surface area (Å²) < 4.78 is 0. The predicted octanol–water partition coefficient (Wildman–Crippen LogP) is 1.52. The lowest BCUT2D eigenvalue weighted by molar-refractivity contribution is -0.856. The second-order valence-corrected chi connectivity index (χ2v) is 12.8. The van der Waals surface area contributed by atoms with Crippen molar-refractivity contribution >= 4 is 39.6 Å². The molecule has 5 N–H and O–H groups in total. The van der Waals surface area contributed by atoms with Crippen LogP contribution in [-0.2, 0) is 11.2 Å². The lowest BCUT2D eigenvalue weighted by Crippen LogP contribution is -3.06. The van der Waals surface area contributed by atoms with Crippen LogP contribution < -0.4 is 15.5 Å². The molecule has 2 heterocycles. The van der Waals surface area contributed by atoms with Crippen LogP contribution >= 0.6 is 22.7 Å². The minimum absolute atomic E-state index is 0.0124. The summed E-state index contributed by atoms with van der Waals surface area (Å²) in [7, 11) is 4.10. The Hall–Kier alpha value is -1.85. The van der Waals surface area contributed by atoms with E-state index in [-0.39, 0.29) is 35.7 Å². The number of aromatic nitrogens is 1. The zero-order chi connectivity index (χ0) is 25.4. The molecule has 0 unspecified atom stereocenters. The van der Waals surface area contributed by atoms with Crippen molar-refractivity contribution in [3.8, 4) is 0 Å². The van der Waals surface area contributed by atoms with E-state index in [2.05, 4.69) is 31.7 Å². The van der Waals surface area contributed by atoms with Crippen LogP contribution in [0.15, 0.2) is 17.5 Å². The van der Waals surface area contributed by atoms with Gasteiger partial charge in [-0.25, -0.2) is 4.98 Å². The number of nitrogens with one attached hydrogen (secondary N) is 3. The van der Waals surface area contributed by atoms with E-state index in [0.29, 0.717) is 35.8 Å². The second-order valence-electron chi connectivity index (χ2n) is 10.8. The molecule has 192 valence electrons. The van der Waals surface area contributed by atoms with Crippen molar-refractivity contribution in [1.29, 1.82) is 0 Å². The molecule has 0 aromatic carbocycles. The number of nitrogens with zero attached hydrogens (tertiary/aromatic N) is 1. The molecule has 35 heavy (non-hydrogen) atoms. The van der Waals surface area contributed by atoms with Crippen LogP contribution in [-0.4, -0.2) is 66.9 Å². The molecule has 0 radical (unpaired) electrons. The second kappa shape index (κ2) is 10.3. The number of carbonyl (C=O) groups excluding carboxylic acids is 2. The third kappa shape index (κ3) is 5.04. The van der Waals surface area contributed by atoms with Crippen LogP contribution in [0.25, 0.3) is 0 Å². The summed E-state index contributed by atoms with van der Waals surface area (Å²) >= 11 is 2.82. The van der Waals surface area contributed by atoms with Crippen LogP contribution in [0.3, 0.4) is 0 Å². The molecule has 0 saturated heterocycles. The van der Waals surface area contributed by atoms with Crippen molar-refractivity contribution in [1.82, 2.24) is 10.3 Å². The van der Waals surface area contributed by atoms with Gasteiger partial charge in [-0.05, 0) is 42.0 Å². The molecular formula is C25H37N4O4S2+. The first-order valence-electron chi connectivity index (χ1n) is 12.3. The fourth-order valence-electron chi connectivity index (χ4n) is 5.98. The van der Waals surface area contributed by atoms with Crippen molar-refractivity contribution in [3.05, 3.63) is 33.0 Å². The first kappa shape index (κ1) is 26.2. The van der Waals surface area contributed by atoms with E-state index in [1.165, 1.54) is 27.6 Å². The number of thiophene rings is 1. The average molecular weight is 522 g/mol. The Labute approximate surface area is 214 Å². The number of aliphatic hydroxyl groups excluding tert-OH is 2. The van der Waals surface area contributed by atoms with Gasteiger partial charge in [0.1, 0.15) is 0 Å². The van der Waals surface area contributed by atoms with Crippen LogP contribution in [0, 0.1) is 16.7 Å². The summed E-state index contributed by atoms with van der Waals surface area (Å²) in [4.78, 5) is 33.5. The Balaban J connectivity index is 1.66. The molecule has 10 heteroatoms. The third-order valence-corrected chi connectivity index (χ3v) is 10.1. The number of rotatable bonds is 8. The van der Waals surface area contributed by atoms with Gasteiger partial charge in [0.25, 0.3) is 5.91 Å². The smallest absolute Gasteiger partial charge is 0.267 e. The third-order valence-electron chi connectivity index (χ3n) is 8.20. The fraction of sp³-hybridized carbons (Fsp3) is 0.640. The number of carbonyl (C=O) groups is 2. The number of anilines is 1. The normalized spacial score (nSPS) is 30.0. The summed E-state index contributed by atoms with van der Waals surface area (Å²) in [6, 6.07) is 3.62. The fourth-order valence-corrected chi connectivity index (χ4v) is 7.66. The highest BCUT2D eigenvalue weighted by Crippen LogP contribution is 2.62. The molecule has 2 amide bonds. The van der Waals surface area contributed by atoms with Crippen molar-refractivity contribution < 1.29 is 24.7 Å². The summed E-state index contributed by atoms with van der Waals surface area (Å²) in [5, 5.41) is 29.6. The maximum atomic E-state index is 13.0. The molecule has 1 fully saturated rings. The summed E-state index contributed by atoms with van der Waals surface area (Å²) in [6.45, 7) is 5.47. The highest BCUT2D eigenvalue weighted by molar-refractivity contribution is 7.16. The number of thiazole rings is 1. The molecule has 0 aliphatic heterocycles. The van der Waals surface area contributed by atoms with E-state index in [0.717, 1.165) is 23.5 Å². The summed E-state index contributed by atoms with van der Waals surface area (Å²) in [5.74, 6) is -0.379. The van der Waals surface area contributed by atoms with Crippen LogP contribution in [0.1, 0.15) is 59.3 Å². The van der Waals surface area contributed by atoms with Gasteiger partial charge >= 0.3 is 0 Å². The number of quaternary nitrogens is 1. The highest BCUT2D eigenvalue weighted by atomic mass is 32.1. The molecule has 0 spiro atoms. The van der Waals surface area contributed by atoms with Crippen LogP contribution in [0.4, 0.5) is 5.13 Å². The van der Waals surface area contributed by atoms with Crippen LogP contribution in [0.5, 0.6) is 0 Å². The number of hydrogen-bond donors (Lipinski definition) is 5. The molecule has 1 saturated carbocycles. The number of hydrogen-bond acceptors (Lipinski definition) is 7. The van der Waals surface area contributed by atoms with Gasteiger partial charge in [-0.2, -0.15) is 0 Å². The lowest BCUT2D eigenvalue weighted by Gasteiger charge is -2.58. The van der Waals surface area contributed by atoms with Crippen molar-refractivity contribution in [2.45, 2.75) is 51.6 Å². The summed E-state index contributed by atoms with van der Waals surface area (Å²) in [6.07, 6.45) is 1.68. The Kier molecular flexibility index (Phi) is 7.68. The maximum Gasteiger partial charge on any atom is 0.267 e. The average Bonchev–Trinajstić information content (AvgIpc) is 3.48. The SMILES string of the molecule is C[NH+](C)CCNC(=O)C[C@@H]1c2nc(NC(=O)c3cccs3)sc2C[C@@H]2[C@](C)(CO)[C@H](O)CC[C@]21C. The van der Waals surface area contributed by atoms with Gasteiger partial charge in [-0.3, -0.25) is 14.9 Å². The summed E-state index contributed by atoms with van der Waals surface area (Å²) in [5.41, 5.74) is -0.102. The minimum Gasteiger partial charge on any atom is -0.396 e.